The number of hydrogen-bond donors (Lipinski definition) is 2. The monoisotopic (exact) mass is 310 g/mol. The highest BCUT2D eigenvalue weighted by atomic mass is 32.2. The lowest BCUT2D eigenvalue weighted by Crippen LogP contribution is -2.36. The first kappa shape index (κ1) is 17.0. The molecule has 0 bridgehead atoms. The smallest absolute Gasteiger partial charge is 0.316 e. The number of carbonyl (C=O) groups excluding carboxylic acids is 3. The summed E-state index contributed by atoms with van der Waals surface area (Å²) in [7, 11) is 0. The number of thioether (sulfide) groups is 1. The average molecular weight is 310 g/mol. The predicted molar refractivity (Wildman–Crippen MR) is 79.8 cm³/mol. The second kappa shape index (κ2) is 8.31. The van der Waals surface area contributed by atoms with E-state index < -0.39 is 24.4 Å². The van der Waals surface area contributed by atoms with Crippen LogP contribution in [0.1, 0.15) is 11.1 Å². The summed E-state index contributed by atoms with van der Waals surface area (Å²) in [4.78, 5) is 34.2. The molecule has 7 heteroatoms. The number of amides is 2. The SMILES string of the molecule is Cc1ccc(C)c(SCC(=O)OCC(=O)NCC(N)=O)c1. The fourth-order valence-corrected chi connectivity index (χ4v) is 2.35. The van der Waals surface area contributed by atoms with Crippen molar-refractivity contribution < 1.29 is 19.1 Å². The molecule has 1 rings (SSSR count). The molecule has 0 spiro atoms. The Kier molecular flexibility index (Phi) is 6.74. The van der Waals surface area contributed by atoms with Gasteiger partial charge in [0.25, 0.3) is 5.91 Å². The van der Waals surface area contributed by atoms with Crippen molar-refractivity contribution in [2.45, 2.75) is 18.7 Å². The van der Waals surface area contributed by atoms with Gasteiger partial charge in [-0.3, -0.25) is 14.4 Å². The minimum absolute atomic E-state index is 0.118. The van der Waals surface area contributed by atoms with Crippen LogP contribution in [0.25, 0.3) is 0 Å². The largest absolute Gasteiger partial charge is 0.455 e. The molecular formula is C14H18N2O4S. The maximum absolute atomic E-state index is 11.5. The summed E-state index contributed by atoms with van der Waals surface area (Å²) >= 11 is 1.36. The molecule has 0 unspecified atom stereocenters. The molecule has 0 saturated carbocycles. The Bertz CT molecular complexity index is 546. The van der Waals surface area contributed by atoms with Crippen molar-refractivity contribution in [3.05, 3.63) is 29.3 Å². The van der Waals surface area contributed by atoms with Gasteiger partial charge in [0.2, 0.25) is 5.91 Å². The number of carbonyl (C=O) groups is 3. The van der Waals surface area contributed by atoms with E-state index in [-0.39, 0.29) is 12.3 Å². The van der Waals surface area contributed by atoms with Crippen molar-refractivity contribution in [1.82, 2.24) is 5.32 Å². The molecule has 0 aromatic heterocycles. The zero-order valence-electron chi connectivity index (χ0n) is 12.0. The van der Waals surface area contributed by atoms with Crippen LogP contribution in [0.4, 0.5) is 0 Å². The van der Waals surface area contributed by atoms with Gasteiger partial charge >= 0.3 is 5.97 Å². The van der Waals surface area contributed by atoms with E-state index in [1.54, 1.807) is 0 Å². The minimum Gasteiger partial charge on any atom is -0.455 e. The average Bonchev–Trinajstić information content (AvgIpc) is 2.43. The molecule has 0 aliphatic carbocycles. The second-order valence-corrected chi connectivity index (χ2v) is 5.48. The van der Waals surface area contributed by atoms with Crippen LogP contribution < -0.4 is 11.1 Å². The molecule has 2 amide bonds. The van der Waals surface area contributed by atoms with E-state index >= 15 is 0 Å². The number of aryl methyl sites for hydroxylation is 2. The molecule has 1 aromatic rings. The van der Waals surface area contributed by atoms with E-state index in [1.807, 2.05) is 32.0 Å². The fourth-order valence-electron chi connectivity index (χ4n) is 1.42. The number of nitrogens with two attached hydrogens (primary N) is 1. The second-order valence-electron chi connectivity index (χ2n) is 4.46. The van der Waals surface area contributed by atoms with Gasteiger partial charge in [-0.2, -0.15) is 0 Å². The van der Waals surface area contributed by atoms with Crippen LogP contribution in [0.15, 0.2) is 23.1 Å². The van der Waals surface area contributed by atoms with Crippen LogP contribution in [-0.4, -0.2) is 36.7 Å². The van der Waals surface area contributed by atoms with Crippen LogP contribution in [0, 0.1) is 13.8 Å². The first-order chi connectivity index (χ1) is 9.88. The van der Waals surface area contributed by atoms with Crippen molar-refractivity contribution in [2.24, 2.45) is 5.73 Å². The third-order valence-corrected chi connectivity index (χ3v) is 3.64. The molecule has 0 radical (unpaired) electrons. The Morgan fingerprint density at radius 1 is 1.29 bits per heavy atom. The Balaban J connectivity index is 2.32. The van der Waals surface area contributed by atoms with E-state index in [0.29, 0.717) is 0 Å². The summed E-state index contributed by atoms with van der Waals surface area (Å²) in [5.41, 5.74) is 7.06. The number of rotatable bonds is 7. The van der Waals surface area contributed by atoms with E-state index in [2.05, 4.69) is 5.32 Å². The van der Waals surface area contributed by atoms with Gasteiger partial charge < -0.3 is 15.8 Å². The molecule has 0 heterocycles. The molecule has 0 aliphatic rings. The normalized spacial score (nSPS) is 10.0. The first-order valence-corrected chi connectivity index (χ1v) is 7.27. The lowest BCUT2D eigenvalue weighted by atomic mass is 10.2. The van der Waals surface area contributed by atoms with Gasteiger partial charge in [-0.1, -0.05) is 17.7 Å². The zero-order chi connectivity index (χ0) is 15.8. The summed E-state index contributed by atoms with van der Waals surface area (Å²) in [5, 5.41) is 2.23. The Morgan fingerprint density at radius 2 is 2.00 bits per heavy atom. The zero-order valence-corrected chi connectivity index (χ0v) is 12.8. The van der Waals surface area contributed by atoms with Crippen LogP contribution in [0.2, 0.25) is 0 Å². The van der Waals surface area contributed by atoms with Crippen LogP contribution in [0.5, 0.6) is 0 Å². The number of esters is 1. The third-order valence-electron chi connectivity index (χ3n) is 2.51. The van der Waals surface area contributed by atoms with E-state index in [0.717, 1.165) is 16.0 Å². The van der Waals surface area contributed by atoms with Crippen molar-refractivity contribution in [3.8, 4) is 0 Å². The maximum atomic E-state index is 11.5. The number of nitrogens with one attached hydrogen (secondary N) is 1. The highest BCUT2D eigenvalue weighted by Crippen LogP contribution is 2.23. The minimum atomic E-state index is -0.653. The van der Waals surface area contributed by atoms with E-state index in [4.69, 9.17) is 10.5 Å². The Hall–Kier alpha value is -2.02. The number of ether oxygens (including phenoxy) is 1. The Morgan fingerprint density at radius 3 is 2.67 bits per heavy atom. The topological polar surface area (TPSA) is 98.5 Å². The number of primary amides is 1. The summed E-state index contributed by atoms with van der Waals surface area (Å²) in [5.74, 6) is -1.58. The van der Waals surface area contributed by atoms with Crippen molar-refractivity contribution in [3.63, 3.8) is 0 Å². The maximum Gasteiger partial charge on any atom is 0.316 e. The molecule has 3 N–H and O–H groups in total. The van der Waals surface area contributed by atoms with Crippen LogP contribution >= 0.6 is 11.8 Å². The van der Waals surface area contributed by atoms with Gasteiger partial charge in [0.1, 0.15) is 0 Å². The quantitative estimate of drug-likeness (QED) is 0.566. The predicted octanol–water partition coefficient (Wildman–Crippen LogP) is 0.540. The number of benzene rings is 1. The third kappa shape index (κ3) is 6.80. The molecule has 0 atom stereocenters. The standard InChI is InChI=1S/C14H18N2O4S/c1-9-3-4-10(2)11(5-9)21-8-14(19)20-7-13(18)16-6-12(15)17/h3-5H,6-8H2,1-2H3,(H2,15,17)(H,16,18). The molecule has 0 fully saturated rings. The lowest BCUT2D eigenvalue weighted by molar-refractivity contribution is -0.146. The molecule has 0 saturated heterocycles. The van der Waals surface area contributed by atoms with Gasteiger partial charge in [0.05, 0.1) is 12.3 Å². The molecule has 6 nitrogen and oxygen atoms in total. The summed E-state index contributed by atoms with van der Waals surface area (Å²) in [6, 6.07) is 5.98. The molecule has 0 aliphatic heterocycles. The molecular weight excluding hydrogens is 292 g/mol. The molecule has 114 valence electrons. The molecule has 1 aromatic carbocycles. The van der Waals surface area contributed by atoms with Gasteiger partial charge in [-0.05, 0) is 25.5 Å². The van der Waals surface area contributed by atoms with Gasteiger partial charge in [-0.15, -0.1) is 11.8 Å². The van der Waals surface area contributed by atoms with Gasteiger partial charge in [-0.25, -0.2) is 0 Å². The lowest BCUT2D eigenvalue weighted by Gasteiger charge is -2.07. The van der Waals surface area contributed by atoms with Crippen LogP contribution in [-0.2, 0) is 19.1 Å². The van der Waals surface area contributed by atoms with Crippen molar-refractivity contribution in [1.29, 1.82) is 0 Å². The Labute approximate surface area is 127 Å². The van der Waals surface area contributed by atoms with Crippen molar-refractivity contribution >= 4 is 29.5 Å². The number of hydrogen-bond acceptors (Lipinski definition) is 5. The van der Waals surface area contributed by atoms with Gasteiger partial charge in [0, 0.05) is 4.90 Å². The summed E-state index contributed by atoms with van der Waals surface area (Å²) in [6.07, 6.45) is 0. The molecule has 21 heavy (non-hydrogen) atoms. The summed E-state index contributed by atoms with van der Waals surface area (Å²) in [6.45, 7) is 3.25. The highest BCUT2D eigenvalue weighted by Gasteiger charge is 2.09. The summed E-state index contributed by atoms with van der Waals surface area (Å²) < 4.78 is 4.80. The van der Waals surface area contributed by atoms with Gasteiger partial charge in [0.15, 0.2) is 6.61 Å². The first-order valence-electron chi connectivity index (χ1n) is 6.29. The van der Waals surface area contributed by atoms with E-state index in [1.165, 1.54) is 11.8 Å². The van der Waals surface area contributed by atoms with Crippen molar-refractivity contribution in [2.75, 3.05) is 18.9 Å². The fraction of sp³-hybridized carbons (Fsp3) is 0.357. The van der Waals surface area contributed by atoms with Crippen LogP contribution in [0.3, 0.4) is 0 Å². The highest BCUT2D eigenvalue weighted by molar-refractivity contribution is 8.00. The van der Waals surface area contributed by atoms with E-state index in [9.17, 15) is 14.4 Å².